The normalized spacial score (nSPS) is 27.4. The van der Waals surface area contributed by atoms with Gasteiger partial charge in [-0.15, -0.1) is 0 Å². The van der Waals surface area contributed by atoms with E-state index in [1.54, 1.807) is 29.0 Å². The van der Waals surface area contributed by atoms with Crippen LogP contribution in [-0.2, 0) is 31.3 Å². The number of carbonyl (C=O) groups excluding carboxylic acids is 1. The van der Waals surface area contributed by atoms with Gasteiger partial charge in [0.1, 0.15) is 12.2 Å². The van der Waals surface area contributed by atoms with Crippen molar-refractivity contribution in [3.8, 4) is 0 Å². The largest absolute Gasteiger partial charge is 0.377 e. The van der Waals surface area contributed by atoms with E-state index >= 15 is 0 Å². The molecule has 23 heavy (non-hydrogen) atoms. The van der Waals surface area contributed by atoms with E-state index < -0.39 is 15.6 Å². The second kappa shape index (κ2) is 5.86. The fourth-order valence-electron chi connectivity index (χ4n) is 2.83. The van der Waals surface area contributed by atoms with Crippen molar-refractivity contribution >= 4 is 21.6 Å². The maximum absolute atomic E-state index is 12.2. The van der Waals surface area contributed by atoms with Gasteiger partial charge in [-0.2, -0.15) is 9.40 Å². The molecule has 0 saturated carbocycles. The quantitative estimate of drug-likeness (QED) is 0.670. The van der Waals surface area contributed by atoms with Crippen molar-refractivity contribution in [1.29, 1.82) is 0 Å². The summed E-state index contributed by atoms with van der Waals surface area (Å²) >= 11 is 0. The van der Waals surface area contributed by atoms with E-state index in [4.69, 9.17) is 9.47 Å². The highest BCUT2D eigenvalue weighted by molar-refractivity contribution is 7.88. The third-order valence-corrected chi connectivity index (χ3v) is 5.29. The Hall–Kier alpha value is -1.49. The van der Waals surface area contributed by atoms with Crippen molar-refractivity contribution in [2.45, 2.75) is 5.60 Å². The molecule has 128 valence electrons. The van der Waals surface area contributed by atoms with Gasteiger partial charge in [0.2, 0.25) is 10.0 Å². The van der Waals surface area contributed by atoms with Crippen LogP contribution in [0.3, 0.4) is 0 Å². The van der Waals surface area contributed by atoms with Gasteiger partial charge < -0.3 is 14.4 Å². The van der Waals surface area contributed by atoms with Crippen LogP contribution in [0.25, 0.3) is 0 Å². The average Bonchev–Trinajstić information content (AvgIpc) is 2.79. The second-order valence-corrected chi connectivity index (χ2v) is 7.96. The van der Waals surface area contributed by atoms with Gasteiger partial charge in [0.25, 0.3) is 5.91 Å². The summed E-state index contributed by atoms with van der Waals surface area (Å²) in [7, 11) is -1.59. The molecule has 0 aliphatic carbocycles. The topological polar surface area (TPSA) is 94.0 Å². The molecule has 2 saturated heterocycles. The van der Waals surface area contributed by atoms with E-state index in [9.17, 15) is 13.2 Å². The Bertz CT molecular complexity index is 703. The van der Waals surface area contributed by atoms with Crippen LogP contribution >= 0.6 is 0 Å². The van der Waals surface area contributed by atoms with E-state index in [-0.39, 0.29) is 38.8 Å². The van der Waals surface area contributed by atoms with E-state index in [1.807, 2.05) is 0 Å². The molecule has 0 unspecified atom stereocenters. The molecule has 0 N–H and O–H groups in total. The summed E-state index contributed by atoms with van der Waals surface area (Å²) in [6.07, 6.45) is 4.50. The molecule has 9 nitrogen and oxygen atoms in total. The zero-order valence-corrected chi connectivity index (χ0v) is 14.0. The number of sulfonamides is 1. The Morgan fingerprint density at radius 2 is 2.13 bits per heavy atom. The summed E-state index contributed by atoms with van der Waals surface area (Å²) in [5.74, 6) is -0.182. The molecule has 0 aromatic carbocycles. The lowest BCUT2D eigenvalue weighted by Gasteiger charge is -2.42. The number of aryl methyl sites for hydroxylation is 1. The number of morpholine rings is 1. The first kappa shape index (κ1) is 16.4. The fourth-order valence-corrected chi connectivity index (χ4v) is 3.71. The molecule has 1 aromatic rings. The predicted octanol–water partition coefficient (Wildman–Crippen LogP) is -1.19. The number of aromatic nitrogens is 2. The van der Waals surface area contributed by atoms with Crippen molar-refractivity contribution in [2.24, 2.45) is 7.05 Å². The van der Waals surface area contributed by atoms with Crippen LogP contribution in [0, 0.1) is 0 Å². The average molecular weight is 344 g/mol. The Labute approximate surface area is 134 Å². The summed E-state index contributed by atoms with van der Waals surface area (Å²) in [6.45, 7) is 1.10. The Balaban J connectivity index is 1.87. The molecule has 1 atom stereocenters. The van der Waals surface area contributed by atoms with Gasteiger partial charge >= 0.3 is 0 Å². The maximum atomic E-state index is 12.2. The van der Waals surface area contributed by atoms with Crippen LogP contribution in [0.5, 0.6) is 0 Å². The predicted molar refractivity (Wildman–Crippen MR) is 81.5 cm³/mol. The third-order valence-electron chi connectivity index (χ3n) is 4.04. The summed E-state index contributed by atoms with van der Waals surface area (Å²) in [6, 6.07) is 0. The lowest BCUT2D eigenvalue weighted by molar-refractivity contribution is -0.145. The molecular weight excluding hydrogens is 324 g/mol. The minimum atomic E-state index is -3.36. The molecule has 2 aliphatic heterocycles. The highest BCUT2D eigenvalue weighted by Crippen LogP contribution is 2.27. The number of carbonyl (C=O) groups is 1. The van der Waals surface area contributed by atoms with Crippen molar-refractivity contribution in [2.75, 3.05) is 50.6 Å². The van der Waals surface area contributed by atoms with Gasteiger partial charge in [-0.05, 0) is 0 Å². The van der Waals surface area contributed by atoms with Gasteiger partial charge in [0.15, 0.2) is 0 Å². The van der Waals surface area contributed by atoms with Crippen molar-refractivity contribution in [3.63, 3.8) is 0 Å². The minimum Gasteiger partial charge on any atom is -0.377 e. The van der Waals surface area contributed by atoms with E-state index in [0.29, 0.717) is 12.3 Å². The Morgan fingerprint density at radius 1 is 1.35 bits per heavy atom. The van der Waals surface area contributed by atoms with E-state index in [1.165, 1.54) is 10.6 Å². The van der Waals surface area contributed by atoms with Gasteiger partial charge in [-0.1, -0.05) is 0 Å². The van der Waals surface area contributed by atoms with Crippen LogP contribution in [-0.4, -0.2) is 79.7 Å². The van der Waals surface area contributed by atoms with Gasteiger partial charge in [0, 0.05) is 26.3 Å². The maximum Gasteiger partial charge on any atom is 0.253 e. The fraction of sp³-hybridized carbons (Fsp3) is 0.692. The van der Waals surface area contributed by atoms with Gasteiger partial charge in [-0.3, -0.25) is 9.48 Å². The van der Waals surface area contributed by atoms with Crippen molar-refractivity contribution < 1.29 is 22.7 Å². The molecule has 1 amide bonds. The highest BCUT2D eigenvalue weighted by Gasteiger charge is 2.45. The minimum absolute atomic E-state index is 0.115. The number of amides is 1. The molecule has 3 heterocycles. The molecule has 2 fully saturated rings. The van der Waals surface area contributed by atoms with E-state index in [2.05, 4.69) is 5.10 Å². The molecule has 0 bridgehead atoms. The van der Waals surface area contributed by atoms with Gasteiger partial charge in [0.05, 0.1) is 37.9 Å². The SMILES string of the molecule is Cn1cc(N2C[C@]3(COCCN(S(C)(=O)=O)C3)OCC2=O)cn1. The molecule has 10 heteroatoms. The number of anilines is 1. The summed E-state index contributed by atoms with van der Waals surface area (Å²) in [5, 5.41) is 4.08. The lowest BCUT2D eigenvalue weighted by Crippen LogP contribution is -2.61. The number of hydrogen-bond acceptors (Lipinski definition) is 6. The van der Waals surface area contributed by atoms with Crippen LogP contribution in [0.1, 0.15) is 0 Å². The van der Waals surface area contributed by atoms with Crippen LogP contribution in [0.2, 0.25) is 0 Å². The zero-order valence-electron chi connectivity index (χ0n) is 13.1. The third kappa shape index (κ3) is 3.39. The summed E-state index contributed by atoms with van der Waals surface area (Å²) in [4.78, 5) is 13.8. The summed E-state index contributed by atoms with van der Waals surface area (Å²) < 4.78 is 38.0. The first-order chi connectivity index (χ1) is 10.8. The Kier molecular flexibility index (Phi) is 4.17. The standard InChI is InChI=1S/C13H20N4O5S/c1-15-6-11(5-14-15)17-9-13(22-7-12(17)18)8-16(23(2,19)20)3-4-21-10-13/h5-6H,3-4,7-10H2,1-2H3/t13-/m1/s1. The van der Waals surface area contributed by atoms with Crippen molar-refractivity contribution in [3.05, 3.63) is 12.4 Å². The van der Waals surface area contributed by atoms with Crippen LogP contribution in [0.15, 0.2) is 12.4 Å². The monoisotopic (exact) mass is 344 g/mol. The molecule has 1 spiro atoms. The first-order valence-electron chi connectivity index (χ1n) is 7.25. The van der Waals surface area contributed by atoms with Crippen LogP contribution in [0.4, 0.5) is 5.69 Å². The number of ether oxygens (including phenoxy) is 2. The Morgan fingerprint density at radius 3 is 2.78 bits per heavy atom. The highest BCUT2D eigenvalue weighted by atomic mass is 32.2. The summed E-state index contributed by atoms with van der Waals surface area (Å²) in [5.41, 5.74) is -0.209. The lowest BCUT2D eigenvalue weighted by atomic mass is 10.0. The smallest absolute Gasteiger partial charge is 0.253 e. The second-order valence-electron chi connectivity index (χ2n) is 5.97. The zero-order chi connectivity index (χ0) is 16.7. The number of hydrogen-bond donors (Lipinski definition) is 0. The van der Waals surface area contributed by atoms with Crippen molar-refractivity contribution in [1.82, 2.24) is 14.1 Å². The molecular formula is C13H20N4O5S. The molecule has 2 aliphatic rings. The number of nitrogens with zero attached hydrogens (tertiary/aromatic N) is 4. The molecule has 1 aromatic heterocycles. The molecule has 0 radical (unpaired) electrons. The van der Waals surface area contributed by atoms with E-state index in [0.717, 1.165) is 0 Å². The van der Waals surface area contributed by atoms with Crippen LogP contribution < -0.4 is 4.90 Å². The first-order valence-corrected chi connectivity index (χ1v) is 9.10. The number of rotatable bonds is 2. The van der Waals surface area contributed by atoms with Gasteiger partial charge in [-0.25, -0.2) is 8.42 Å². The molecule has 3 rings (SSSR count).